The smallest absolute Gasteiger partial charge is 0.285 e. The summed E-state index contributed by atoms with van der Waals surface area (Å²) in [4.78, 5) is 20.2. The first-order valence-corrected chi connectivity index (χ1v) is 8.46. The number of aliphatic hydroxyl groups excluding tert-OH is 1. The van der Waals surface area contributed by atoms with Crippen molar-refractivity contribution < 1.29 is 24.2 Å². The van der Waals surface area contributed by atoms with Crippen molar-refractivity contribution in [1.29, 1.82) is 0 Å². The van der Waals surface area contributed by atoms with E-state index in [-0.39, 0.29) is 18.8 Å². The molecule has 7 heteroatoms. The molecule has 0 amide bonds. The van der Waals surface area contributed by atoms with E-state index in [1.807, 2.05) is 43.9 Å². The first kappa shape index (κ1) is 23.8. The second kappa shape index (κ2) is 15.0. The van der Waals surface area contributed by atoms with Crippen LogP contribution in [0.3, 0.4) is 0 Å². The monoisotopic (exact) mass is 366 g/mol. The molecule has 1 heterocycles. The second-order valence-corrected chi connectivity index (χ2v) is 5.65. The predicted octanol–water partition coefficient (Wildman–Crippen LogP) is 1.76. The number of carbonyl (C=O) groups is 2. The number of rotatable bonds is 5. The fourth-order valence-electron chi connectivity index (χ4n) is 2.62. The van der Waals surface area contributed by atoms with Crippen LogP contribution in [0, 0.1) is 5.92 Å². The Labute approximate surface area is 155 Å². The average molecular weight is 366 g/mol. The van der Waals surface area contributed by atoms with Gasteiger partial charge in [0, 0.05) is 26.0 Å². The summed E-state index contributed by atoms with van der Waals surface area (Å²) in [6.07, 6.45) is 1.60. The maximum absolute atomic E-state index is 9.31. The van der Waals surface area contributed by atoms with Crippen LogP contribution in [0.1, 0.15) is 31.4 Å². The van der Waals surface area contributed by atoms with Crippen LogP contribution >= 0.6 is 0 Å². The predicted molar refractivity (Wildman–Crippen MR) is 101 cm³/mol. The van der Waals surface area contributed by atoms with Gasteiger partial charge in [0.1, 0.15) is 19.7 Å². The molecule has 7 nitrogen and oxygen atoms in total. The second-order valence-electron chi connectivity index (χ2n) is 5.65. The Morgan fingerprint density at radius 1 is 1.35 bits per heavy atom. The van der Waals surface area contributed by atoms with Gasteiger partial charge < -0.3 is 29.5 Å². The van der Waals surface area contributed by atoms with Gasteiger partial charge in [0.05, 0.1) is 19.3 Å². The van der Waals surface area contributed by atoms with E-state index in [4.69, 9.17) is 19.1 Å². The van der Waals surface area contributed by atoms with Gasteiger partial charge in [-0.25, -0.2) is 4.99 Å². The molecule has 0 saturated carbocycles. The summed E-state index contributed by atoms with van der Waals surface area (Å²) in [6, 6.07) is 10.6. The highest BCUT2D eigenvalue weighted by molar-refractivity contribution is 5.74. The van der Waals surface area contributed by atoms with Crippen molar-refractivity contribution in [3.05, 3.63) is 35.9 Å². The normalized spacial score (nSPS) is 20.5. The van der Waals surface area contributed by atoms with Crippen LogP contribution in [-0.4, -0.2) is 57.7 Å². The summed E-state index contributed by atoms with van der Waals surface area (Å²) in [5, 5.41) is 12.6. The Morgan fingerprint density at radius 3 is 2.54 bits per heavy atom. The summed E-state index contributed by atoms with van der Waals surface area (Å²) in [5.74, 6) is 0.348. The van der Waals surface area contributed by atoms with E-state index < -0.39 is 0 Å². The van der Waals surface area contributed by atoms with E-state index in [9.17, 15) is 5.11 Å². The minimum atomic E-state index is -0.0138. The number of amidine groups is 1. The standard InChI is InChI=1S/C17H26N2O3.2CH2O/c1-13-12-21-11-9-16(13)22-17(18-2)19-15(8-10-20)14-6-4-3-5-7-14;2*1-2/h3-7,13,15-16,20H,8-12H2,1-2H3,(H,18,19);2*1H2. The highest BCUT2D eigenvalue weighted by atomic mass is 16.5. The van der Waals surface area contributed by atoms with Gasteiger partial charge in [-0.3, -0.25) is 0 Å². The van der Waals surface area contributed by atoms with E-state index in [2.05, 4.69) is 17.2 Å². The van der Waals surface area contributed by atoms with Crippen molar-refractivity contribution in [2.24, 2.45) is 10.9 Å². The summed E-state index contributed by atoms with van der Waals surface area (Å²) < 4.78 is 11.5. The third-order valence-electron chi connectivity index (χ3n) is 3.95. The molecule has 0 radical (unpaired) electrons. The molecule has 3 atom stereocenters. The number of aliphatic imine (C=N–C) groups is 1. The number of ether oxygens (including phenoxy) is 2. The molecule has 1 aliphatic heterocycles. The van der Waals surface area contributed by atoms with Gasteiger partial charge in [0.15, 0.2) is 0 Å². The lowest BCUT2D eigenvalue weighted by Crippen LogP contribution is -2.39. The average Bonchev–Trinajstić information content (AvgIpc) is 2.72. The van der Waals surface area contributed by atoms with E-state index in [0.29, 0.717) is 18.4 Å². The molecule has 0 bridgehead atoms. The summed E-state index contributed by atoms with van der Waals surface area (Å²) in [5.41, 5.74) is 1.11. The molecule has 3 unspecified atom stereocenters. The zero-order chi connectivity index (χ0) is 19.8. The largest absolute Gasteiger partial charge is 0.462 e. The number of aliphatic hydroxyl groups is 1. The third-order valence-corrected chi connectivity index (χ3v) is 3.95. The molecule has 1 aromatic rings. The van der Waals surface area contributed by atoms with Crippen LogP contribution in [-0.2, 0) is 19.1 Å². The lowest BCUT2D eigenvalue weighted by atomic mass is 10.0. The number of benzene rings is 1. The molecule has 1 saturated heterocycles. The quantitative estimate of drug-likeness (QED) is 0.609. The first-order valence-electron chi connectivity index (χ1n) is 8.46. The number of nitrogens with one attached hydrogen (secondary N) is 1. The zero-order valence-corrected chi connectivity index (χ0v) is 15.6. The van der Waals surface area contributed by atoms with E-state index in [1.165, 1.54) is 0 Å². The molecule has 1 aromatic carbocycles. The topological polar surface area (TPSA) is 97.2 Å². The van der Waals surface area contributed by atoms with E-state index >= 15 is 0 Å². The van der Waals surface area contributed by atoms with Crippen molar-refractivity contribution in [2.45, 2.75) is 31.9 Å². The molecule has 0 aliphatic carbocycles. The fraction of sp³-hybridized carbons (Fsp3) is 0.526. The number of nitrogens with zero attached hydrogens (tertiary/aromatic N) is 1. The summed E-state index contributed by atoms with van der Waals surface area (Å²) >= 11 is 0. The molecular weight excluding hydrogens is 336 g/mol. The number of hydrogen-bond donors (Lipinski definition) is 2. The fourth-order valence-corrected chi connectivity index (χ4v) is 2.62. The van der Waals surface area contributed by atoms with Gasteiger partial charge in [-0.1, -0.05) is 37.3 Å². The lowest BCUT2D eigenvalue weighted by Gasteiger charge is -2.31. The molecule has 146 valence electrons. The van der Waals surface area contributed by atoms with Crippen LogP contribution < -0.4 is 5.32 Å². The molecular formula is C19H30N2O5. The van der Waals surface area contributed by atoms with Gasteiger partial charge in [0.25, 0.3) is 6.02 Å². The third kappa shape index (κ3) is 8.22. The Kier molecular flexibility index (Phi) is 13.7. The van der Waals surface area contributed by atoms with Gasteiger partial charge in [-0.15, -0.1) is 0 Å². The van der Waals surface area contributed by atoms with Crippen LogP contribution in [0.2, 0.25) is 0 Å². The molecule has 0 spiro atoms. The Morgan fingerprint density at radius 2 is 2.00 bits per heavy atom. The Balaban J connectivity index is 0.00000146. The van der Waals surface area contributed by atoms with E-state index in [0.717, 1.165) is 25.2 Å². The van der Waals surface area contributed by atoms with E-state index in [1.54, 1.807) is 7.05 Å². The molecule has 1 fully saturated rings. The van der Waals surface area contributed by atoms with Crippen LogP contribution in [0.25, 0.3) is 0 Å². The van der Waals surface area contributed by atoms with Crippen molar-refractivity contribution in [3.8, 4) is 0 Å². The molecule has 2 N–H and O–H groups in total. The summed E-state index contributed by atoms with van der Waals surface area (Å²) in [6.45, 7) is 7.68. The molecule has 2 rings (SSSR count). The van der Waals surface area contributed by atoms with Gasteiger partial charge in [-0.2, -0.15) is 0 Å². The number of carbonyl (C=O) groups excluding carboxylic acids is 2. The van der Waals surface area contributed by atoms with Crippen molar-refractivity contribution >= 4 is 19.6 Å². The van der Waals surface area contributed by atoms with Crippen molar-refractivity contribution in [1.82, 2.24) is 5.32 Å². The highest BCUT2D eigenvalue weighted by Crippen LogP contribution is 2.20. The molecule has 1 aliphatic rings. The maximum Gasteiger partial charge on any atom is 0.285 e. The SMILES string of the molecule is C=O.C=O.CN=C(NC(CCO)c1ccccc1)OC1CCOCC1C. The Hall–Kier alpha value is -2.25. The minimum Gasteiger partial charge on any atom is -0.462 e. The van der Waals surface area contributed by atoms with Crippen molar-refractivity contribution in [2.75, 3.05) is 26.9 Å². The maximum atomic E-state index is 9.31. The van der Waals surface area contributed by atoms with Gasteiger partial charge in [0.2, 0.25) is 0 Å². The first-order chi connectivity index (χ1) is 12.7. The van der Waals surface area contributed by atoms with Crippen LogP contribution in [0.4, 0.5) is 0 Å². The van der Waals surface area contributed by atoms with Crippen LogP contribution in [0.5, 0.6) is 0 Å². The molecule has 0 aromatic heterocycles. The highest BCUT2D eigenvalue weighted by Gasteiger charge is 2.25. The zero-order valence-electron chi connectivity index (χ0n) is 15.6. The lowest BCUT2D eigenvalue weighted by molar-refractivity contribution is -0.0987. The van der Waals surface area contributed by atoms with Crippen LogP contribution in [0.15, 0.2) is 35.3 Å². The Bertz CT molecular complexity index is 496. The van der Waals surface area contributed by atoms with Gasteiger partial charge >= 0.3 is 0 Å². The van der Waals surface area contributed by atoms with Crippen molar-refractivity contribution in [3.63, 3.8) is 0 Å². The van der Waals surface area contributed by atoms with Gasteiger partial charge in [-0.05, 0) is 12.0 Å². The summed E-state index contributed by atoms with van der Waals surface area (Å²) in [7, 11) is 1.72. The molecule has 26 heavy (non-hydrogen) atoms. The minimum absolute atomic E-state index is 0.0138. The number of hydrogen-bond acceptors (Lipinski definition) is 6.